The number of esters is 1. The molecule has 0 spiro atoms. The normalized spacial score (nSPS) is 11.2. The Hall–Kier alpha value is -0.930. The Balaban J connectivity index is 3.47. The van der Waals surface area contributed by atoms with Crippen LogP contribution in [0, 0.1) is 0 Å². The number of rotatable bonds is 7. The summed E-state index contributed by atoms with van der Waals surface area (Å²) in [7, 11) is 0. The summed E-state index contributed by atoms with van der Waals surface area (Å²) in [6, 6.07) is 0. The number of alkyl halides is 2. The molecule has 0 aliphatic heterocycles. The first kappa shape index (κ1) is 15.1. The third kappa shape index (κ3) is 9.62. The van der Waals surface area contributed by atoms with Crippen LogP contribution in [0.5, 0.6) is 0 Å². The lowest BCUT2D eigenvalue weighted by atomic mass is 10.4. The van der Waals surface area contributed by atoms with Crippen LogP contribution in [-0.2, 0) is 14.3 Å². The van der Waals surface area contributed by atoms with Gasteiger partial charge in [0.25, 0.3) is 0 Å². The van der Waals surface area contributed by atoms with Crippen molar-refractivity contribution >= 4 is 29.2 Å². The Labute approximate surface area is 105 Å². The minimum atomic E-state index is -0.527. The van der Waals surface area contributed by atoms with Crippen LogP contribution in [0.25, 0.3) is 0 Å². The maximum Gasteiger partial charge on any atom is 0.333 e. The first-order chi connectivity index (χ1) is 7.54. The molecule has 0 atom stereocenters. The zero-order valence-corrected chi connectivity index (χ0v) is 10.5. The lowest BCUT2D eigenvalue weighted by Crippen LogP contribution is -2.09. The van der Waals surface area contributed by atoms with Crippen molar-refractivity contribution in [1.29, 1.82) is 0 Å². The molecule has 16 heavy (non-hydrogen) atoms. The number of carbonyl (C=O) groups excluding carboxylic acids is 1. The van der Waals surface area contributed by atoms with Gasteiger partial charge in [-0.05, 0) is 13.0 Å². The van der Waals surface area contributed by atoms with E-state index in [9.17, 15) is 4.79 Å². The second kappa shape index (κ2) is 9.31. The molecule has 0 N–H and O–H groups in total. The van der Waals surface area contributed by atoms with E-state index in [1.807, 2.05) is 0 Å². The van der Waals surface area contributed by atoms with Crippen LogP contribution in [0.15, 0.2) is 36.6 Å². The quantitative estimate of drug-likeness (QED) is 0.177. The zero-order chi connectivity index (χ0) is 12.4. The van der Waals surface area contributed by atoms with E-state index in [4.69, 9.17) is 32.7 Å². The fourth-order valence-corrected chi connectivity index (χ4v) is 0.791. The highest BCUT2D eigenvalue weighted by Gasteiger charge is 2.00. The number of halogens is 2. The van der Waals surface area contributed by atoms with E-state index in [0.29, 0.717) is 5.57 Å². The summed E-state index contributed by atoms with van der Waals surface area (Å²) in [5, 5.41) is 0. The molecule has 0 aromatic heterocycles. The van der Waals surface area contributed by atoms with Gasteiger partial charge in [0.1, 0.15) is 18.1 Å². The van der Waals surface area contributed by atoms with Crippen LogP contribution in [0.4, 0.5) is 0 Å². The van der Waals surface area contributed by atoms with Gasteiger partial charge in [0.15, 0.2) is 0 Å². The van der Waals surface area contributed by atoms with Crippen LogP contribution in [0.1, 0.15) is 6.92 Å². The molecular formula is C11H14Cl2O3. The van der Waals surface area contributed by atoms with Crippen molar-refractivity contribution in [3.63, 3.8) is 0 Å². The standard InChI is InChI=1S/C11H14Cl2O3/c1-9(2)11(14)16-8-7-15-6-4-3-5-10(12)13/h3-6,10H,1,7-8H2,2H3. The highest BCUT2D eigenvalue weighted by atomic mass is 35.5. The molecule has 90 valence electrons. The predicted molar refractivity (Wildman–Crippen MR) is 65.5 cm³/mol. The molecule has 0 fully saturated rings. The maximum atomic E-state index is 10.9. The van der Waals surface area contributed by atoms with Crippen molar-refractivity contribution in [3.05, 3.63) is 36.6 Å². The van der Waals surface area contributed by atoms with E-state index >= 15 is 0 Å². The van der Waals surface area contributed by atoms with E-state index < -0.39 is 10.8 Å². The van der Waals surface area contributed by atoms with E-state index in [1.54, 1.807) is 25.2 Å². The minimum absolute atomic E-state index is 0.188. The van der Waals surface area contributed by atoms with Gasteiger partial charge in [-0.25, -0.2) is 4.79 Å². The van der Waals surface area contributed by atoms with Gasteiger partial charge >= 0.3 is 5.97 Å². The summed E-state index contributed by atoms with van der Waals surface area (Å²) in [4.78, 5) is 10.4. The van der Waals surface area contributed by atoms with Crippen molar-refractivity contribution in [3.8, 4) is 0 Å². The van der Waals surface area contributed by atoms with Crippen LogP contribution >= 0.6 is 23.2 Å². The van der Waals surface area contributed by atoms with Crippen molar-refractivity contribution in [1.82, 2.24) is 0 Å². The SMILES string of the molecule is C=C(C)C(=O)OCCOC=CC=CC(Cl)Cl. The summed E-state index contributed by atoms with van der Waals surface area (Å²) in [5.41, 5.74) is 0.369. The zero-order valence-electron chi connectivity index (χ0n) is 8.99. The Morgan fingerprint density at radius 2 is 2.06 bits per heavy atom. The first-order valence-electron chi connectivity index (χ1n) is 4.59. The molecule has 0 heterocycles. The molecule has 0 saturated carbocycles. The summed E-state index contributed by atoms with van der Waals surface area (Å²) in [5.74, 6) is -0.417. The fourth-order valence-electron chi connectivity index (χ4n) is 0.623. The third-order valence-corrected chi connectivity index (χ3v) is 1.62. The largest absolute Gasteiger partial charge is 0.498 e. The van der Waals surface area contributed by atoms with E-state index in [-0.39, 0.29) is 13.2 Å². The van der Waals surface area contributed by atoms with E-state index in [1.165, 1.54) is 6.26 Å². The summed E-state index contributed by atoms with van der Waals surface area (Å²) < 4.78 is 9.81. The van der Waals surface area contributed by atoms with E-state index in [0.717, 1.165) is 0 Å². The second-order valence-corrected chi connectivity index (χ2v) is 4.00. The molecule has 3 nitrogen and oxygen atoms in total. The van der Waals surface area contributed by atoms with Crippen LogP contribution < -0.4 is 0 Å². The predicted octanol–water partition coefficient (Wildman–Crippen LogP) is 3.00. The Morgan fingerprint density at radius 1 is 1.38 bits per heavy atom. The van der Waals surface area contributed by atoms with Gasteiger partial charge in [0.2, 0.25) is 0 Å². The van der Waals surface area contributed by atoms with Crippen LogP contribution in [0.2, 0.25) is 0 Å². The van der Waals surface area contributed by atoms with Crippen molar-refractivity contribution in [2.24, 2.45) is 0 Å². The third-order valence-electron chi connectivity index (χ3n) is 1.33. The van der Waals surface area contributed by atoms with Crippen molar-refractivity contribution in [2.45, 2.75) is 11.8 Å². The van der Waals surface area contributed by atoms with Gasteiger partial charge in [0.05, 0.1) is 6.26 Å². The Morgan fingerprint density at radius 3 is 2.62 bits per heavy atom. The van der Waals surface area contributed by atoms with Gasteiger partial charge in [-0.15, -0.1) is 23.2 Å². The number of carbonyl (C=O) groups is 1. The lowest BCUT2D eigenvalue weighted by Gasteiger charge is -2.03. The van der Waals surface area contributed by atoms with Crippen LogP contribution in [0.3, 0.4) is 0 Å². The number of ether oxygens (including phenoxy) is 2. The highest BCUT2D eigenvalue weighted by molar-refractivity contribution is 6.45. The first-order valence-corrected chi connectivity index (χ1v) is 5.47. The second-order valence-electron chi connectivity index (χ2n) is 2.83. The molecule has 0 aliphatic carbocycles. The highest BCUT2D eigenvalue weighted by Crippen LogP contribution is 2.02. The summed E-state index contributed by atoms with van der Waals surface area (Å²) in [6.45, 7) is 5.51. The minimum Gasteiger partial charge on any atom is -0.498 e. The van der Waals surface area contributed by atoms with Gasteiger partial charge in [-0.1, -0.05) is 18.7 Å². The smallest absolute Gasteiger partial charge is 0.333 e. The molecule has 0 radical (unpaired) electrons. The van der Waals surface area contributed by atoms with Crippen molar-refractivity contribution < 1.29 is 14.3 Å². The Kier molecular flexibility index (Phi) is 8.77. The average Bonchev–Trinajstić information content (AvgIpc) is 2.21. The molecule has 0 aromatic rings. The molecule has 0 bridgehead atoms. The number of hydrogen-bond donors (Lipinski definition) is 0. The molecule has 0 amide bonds. The van der Waals surface area contributed by atoms with Crippen LogP contribution in [-0.4, -0.2) is 24.0 Å². The molecule has 0 aromatic carbocycles. The van der Waals surface area contributed by atoms with E-state index in [2.05, 4.69) is 6.58 Å². The van der Waals surface area contributed by atoms with Crippen molar-refractivity contribution in [2.75, 3.05) is 13.2 Å². The topological polar surface area (TPSA) is 35.5 Å². The lowest BCUT2D eigenvalue weighted by molar-refractivity contribution is -0.139. The summed E-state index contributed by atoms with van der Waals surface area (Å²) in [6.07, 6.45) is 6.34. The maximum absolute atomic E-state index is 10.9. The molecular weight excluding hydrogens is 251 g/mol. The van der Waals surface area contributed by atoms with Gasteiger partial charge in [0, 0.05) is 5.57 Å². The van der Waals surface area contributed by atoms with Gasteiger partial charge < -0.3 is 9.47 Å². The molecule has 0 saturated heterocycles. The molecule has 0 aliphatic rings. The molecule has 0 rings (SSSR count). The summed E-state index contributed by atoms with van der Waals surface area (Å²) >= 11 is 10.9. The molecule has 0 unspecified atom stereocenters. The van der Waals surface area contributed by atoms with Gasteiger partial charge in [-0.3, -0.25) is 0 Å². The number of allylic oxidation sites excluding steroid dienone is 3. The Bertz CT molecular complexity index is 283. The monoisotopic (exact) mass is 264 g/mol. The molecule has 5 heteroatoms. The fraction of sp³-hybridized carbons (Fsp3) is 0.364. The van der Waals surface area contributed by atoms with Gasteiger partial charge in [-0.2, -0.15) is 0 Å². The number of hydrogen-bond acceptors (Lipinski definition) is 3. The average molecular weight is 265 g/mol.